The molecule has 16 heavy (non-hydrogen) atoms. The van der Waals surface area contributed by atoms with E-state index in [0.29, 0.717) is 10.6 Å². The molecule has 1 unspecified atom stereocenters. The standard InChI is InChI=1S/C14H29NSi/c1-5-8-11-14(9-6-2,10-7-3)16-13(4)12-15/h13H,5-11,16H2,1-4H3. The van der Waals surface area contributed by atoms with Crippen molar-refractivity contribution in [2.24, 2.45) is 0 Å². The first-order chi connectivity index (χ1) is 7.64. The molecular formula is C14H29NSi. The van der Waals surface area contributed by atoms with Gasteiger partial charge in [0, 0.05) is 15.1 Å². The molecule has 0 aliphatic carbocycles. The van der Waals surface area contributed by atoms with Crippen LogP contribution in [0.2, 0.25) is 10.6 Å². The predicted molar refractivity (Wildman–Crippen MR) is 75.6 cm³/mol. The van der Waals surface area contributed by atoms with Gasteiger partial charge in [0.25, 0.3) is 0 Å². The summed E-state index contributed by atoms with van der Waals surface area (Å²) in [6.07, 6.45) is 9.32. The van der Waals surface area contributed by atoms with Crippen LogP contribution >= 0.6 is 0 Å². The highest BCUT2D eigenvalue weighted by molar-refractivity contribution is 6.43. The molecule has 0 aromatic heterocycles. The zero-order valence-corrected chi connectivity index (χ0v) is 13.1. The molecule has 1 atom stereocenters. The fourth-order valence-corrected chi connectivity index (χ4v) is 5.95. The van der Waals surface area contributed by atoms with Crippen LogP contribution in [0.25, 0.3) is 0 Å². The Kier molecular flexibility index (Phi) is 8.65. The average molecular weight is 239 g/mol. The Hall–Kier alpha value is -0.293. The van der Waals surface area contributed by atoms with Crippen molar-refractivity contribution in [1.29, 1.82) is 5.26 Å². The first-order valence-corrected chi connectivity index (χ1v) is 8.56. The van der Waals surface area contributed by atoms with Crippen molar-refractivity contribution in [3.8, 4) is 6.07 Å². The normalized spacial score (nSPS) is 14.2. The fraction of sp³-hybridized carbons (Fsp3) is 0.929. The largest absolute Gasteiger partial charge is 0.198 e. The zero-order valence-electron chi connectivity index (χ0n) is 11.7. The van der Waals surface area contributed by atoms with Crippen LogP contribution in [-0.2, 0) is 0 Å². The average Bonchev–Trinajstić information content (AvgIpc) is 2.27. The number of hydrogen-bond donors (Lipinski definition) is 0. The van der Waals surface area contributed by atoms with E-state index in [-0.39, 0.29) is 9.52 Å². The van der Waals surface area contributed by atoms with Gasteiger partial charge in [-0.15, -0.1) is 0 Å². The smallest absolute Gasteiger partial charge is 0.0614 e. The van der Waals surface area contributed by atoms with Crippen molar-refractivity contribution in [2.75, 3.05) is 0 Å². The molecule has 0 saturated heterocycles. The lowest BCUT2D eigenvalue weighted by Gasteiger charge is -2.34. The maximum atomic E-state index is 9.04. The second-order valence-electron chi connectivity index (χ2n) is 5.34. The van der Waals surface area contributed by atoms with E-state index >= 15 is 0 Å². The number of nitriles is 1. The SMILES string of the molecule is CCCCC(CCC)(CCC)[SiH2]C(C)C#N. The van der Waals surface area contributed by atoms with E-state index < -0.39 is 0 Å². The van der Waals surface area contributed by atoms with Crippen LogP contribution in [0.5, 0.6) is 0 Å². The monoisotopic (exact) mass is 239 g/mol. The van der Waals surface area contributed by atoms with Crippen molar-refractivity contribution in [3.63, 3.8) is 0 Å². The molecule has 0 bridgehead atoms. The molecule has 2 heteroatoms. The van der Waals surface area contributed by atoms with E-state index in [1.807, 2.05) is 0 Å². The predicted octanol–water partition coefficient (Wildman–Crippen LogP) is 4.44. The topological polar surface area (TPSA) is 23.8 Å². The maximum absolute atomic E-state index is 9.04. The first-order valence-electron chi connectivity index (χ1n) is 7.03. The molecule has 94 valence electrons. The lowest BCUT2D eigenvalue weighted by atomic mass is 9.91. The molecule has 0 saturated carbocycles. The van der Waals surface area contributed by atoms with E-state index in [9.17, 15) is 0 Å². The summed E-state index contributed by atoms with van der Waals surface area (Å²) >= 11 is 0. The van der Waals surface area contributed by atoms with E-state index in [1.54, 1.807) is 0 Å². The number of nitrogens with zero attached hydrogens (tertiary/aromatic N) is 1. The molecule has 0 fully saturated rings. The number of rotatable bonds is 9. The van der Waals surface area contributed by atoms with Crippen molar-refractivity contribution in [3.05, 3.63) is 0 Å². The van der Waals surface area contributed by atoms with Crippen molar-refractivity contribution >= 4 is 9.52 Å². The molecule has 0 radical (unpaired) electrons. The highest BCUT2D eigenvalue weighted by atomic mass is 28.2. The molecule has 1 nitrogen and oxygen atoms in total. The quantitative estimate of drug-likeness (QED) is 0.546. The maximum Gasteiger partial charge on any atom is 0.0614 e. The van der Waals surface area contributed by atoms with Gasteiger partial charge in [-0.25, -0.2) is 0 Å². The molecule has 0 spiro atoms. The highest BCUT2D eigenvalue weighted by Crippen LogP contribution is 2.44. The summed E-state index contributed by atoms with van der Waals surface area (Å²) < 4.78 is 0. The van der Waals surface area contributed by atoms with Crippen LogP contribution in [0.15, 0.2) is 0 Å². The van der Waals surface area contributed by atoms with E-state index in [4.69, 9.17) is 5.26 Å². The van der Waals surface area contributed by atoms with E-state index in [0.717, 1.165) is 0 Å². The third-order valence-electron chi connectivity index (χ3n) is 3.58. The summed E-state index contributed by atoms with van der Waals surface area (Å²) in [5.41, 5.74) is 0.356. The van der Waals surface area contributed by atoms with Gasteiger partial charge in [-0.05, 0) is 5.04 Å². The lowest BCUT2D eigenvalue weighted by Crippen LogP contribution is -2.23. The highest BCUT2D eigenvalue weighted by Gasteiger charge is 2.30. The van der Waals surface area contributed by atoms with Crippen molar-refractivity contribution in [1.82, 2.24) is 0 Å². The lowest BCUT2D eigenvalue weighted by molar-refractivity contribution is 0.413. The van der Waals surface area contributed by atoms with Crippen LogP contribution in [-0.4, -0.2) is 9.52 Å². The summed E-state index contributed by atoms with van der Waals surface area (Å²) in [7, 11) is -0.261. The molecule has 0 amide bonds. The van der Waals surface area contributed by atoms with Gasteiger partial charge in [0.05, 0.1) is 6.07 Å². The van der Waals surface area contributed by atoms with Gasteiger partial charge in [-0.2, -0.15) is 5.26 Å². The minimum Gasteiger partial charge on any atom is -0.198 e. The summed E-state index contributed by atoms with van der Waals surface area (Å²) in [4.78, 5) is 0. The molecule has 0 N–H and O–H groups in total. The third kappa shape index (κ3) is 5.70. The van der Waals surface area contributed by atoms with Crippen LogP contribution in [0.1, 0.15) is 72.6 Å². The minimum atomic E-state index is -0.261. The summed E-state index contributed by atoms with van der Waals surface area (Å²) in [6, 6.07) is 2.48. The Labute approximate surface area is 104 Å². The van der Waals surface area contributed by atoms with Crippen LogP contribution < -0.4 is 0 Å². The Morgan fingerprint density at radius 3 is 2.00 bits per heavy atom. The molecule has 0 aromatic rings. The Morgan fingerprint density at radius 2 is 1.62 bits per heavy atom. The van der Waals surface area contributed by atoms with Gasteiger partial charge in [0.15, 0.2) is 0 Å². The molecule has 0 aliphatic heterocycles. The molecule has 0 aliphatic rings. The zero-order chi connectivity index (χ0) is 12.4. The Balaban J connectivity index is 4.56. The van der Waals surface area contributed by atoms with Gasteiger partial charge in [0.2, 0.25) is 0 Å². The Bertz CT molecular complexity index is 201. The molecular weight excluding hydrogens is 210 g/mol. The van der Waals surface area contributed by atoms with E-state index in [1.165, 1.54) is 44.9 Å². The van der Waals surface area contributed by atoms with Gasteiger partial charge in [0.1, 0.15) is 0 Å². The first kappa shape index (κ1) is 15.7. The summed E-state index contributed by atoms with van der Waals surface area (Å²) in [5, 5.41) is 9.64. The van der Waals surface area contributed by atoms with Gasteiger partial charge < -0.3 is 0 Å². The van der Waals surface area contributed by atoms with Gasteiger partial charge >= 0.3 is 0 Å². The van der Waals surface area contributed by atoms with Gasteiger partial charge in [-0.1, -0.05) is 72.6 Å². The number of unbranched alkanes of at least 4 members (excludes halogenated alkanes) is 1. The van der Waals surface area contributed by atoms with Crippen LogP contribution in [0.3, 0.4) is 0 Å². The summed E-state index contributed by atoms with van der Waals surface area (Å²) in [5.74, 6) is 0. The Morgan fingerprint density at radius 1 is 1.06 bits per heavy atom. The molecule has 0 rings (SSSR count). The van der Waals surface area contributed by atoms with Gasteiger partial charge in [-0.3, -0.25) is 0 Å². The molecule has 0 heterocycles. The van der Waals surface area contributed by atoms with E-state index in [2.05, 4.69) is 33.8 Å². The second kappa shape index (κ2) is 8.81. The third-order valence-corrected chi connectivity index (χ3v) is 6.30. The van der Waals surface area contributed by atoms with Crippen LogP contribution in [0, 0.1) is 11.3 Å². The van der Waals surface area contributed by atoms with Crippen molar-refractivity contribution < 1.29 is 0 Å². The fourth-order valence-electron chi connectivity index (χ4n) is 2.99. The molecule has 0 aromatic carbocycles. The van der Waals surface area contributed by atoms with Crippen molar-refractivity contribution in [2.45, 2.75) is 83.2 Å². The minimum absolute atomic E-state index is 0.261. The second-order valence-corrected chi connectivity index (χ2v) is 8.47. The summed E-state index contributed by atoms with van der Waals surface area (Å²) in [6.45, 7) is 9.00. The number of hydrogen-bond acceptors (Lipinski definition) is 1. The van der Waals surface area contributed by atoms with Crippen LogP contribution in [0.4, 0.5) is 0 Å².